The molecule has 0 radical (unpaired) electrons. The van der Waals surface area contributed by atoms with Crippen molar-refractivity contribution in [3.8, 4) is 0 Å². The molecule has 3 N–H and O–H groups in total. The summed E-state index contributed by atoms with van der Waals surface area (Å²) < 4.78 is 13.1. The SMILES string of the molecule is C[C@@H](NC(=O)c1cc(F)ccc1N)c1ccncc1. The quantitative estimate of drug-likeness (QED) is 0.831. The molecule has 0 spiro atoms. The van der Waals surface area contributed by atoms with Crippen molar-refractivity contribution >= 4 is 11.6 Å². The minimum absolute atomic E-state index is 0.140. The largest absolute Gasteiger partial charge is 0.398 e. The number of anilines is 1. The zero-order valence-electron chi connectivity index (χ0n) is 10.4. The van der Waals surface area contributed by atoms with Gasteiger partial charge in [0, 0.05) is 18.1 Å². The molecule has 2 aromatic rings. The van der Waals surface area contributed by atoms with Crippen LogP contribution in [0.1, 0.15) is 28.9 Å². The number of nitrogen functional groups attached to an aromatic ring is 1. The Morgan fingerprint density at radius 2 is 2.00 bits per heavy atom. The van der Waals surface area contributed by atoms with Gasteiger partial charge in [-0.05, 0) is 42.8 Å². The van der Waals surface area contributed by atoms with Gasteiger partial charge in [0.05, 0.1) is 11.6 Å². The molecule has 0 aliphatic carbocycles. The minimum atomic E-state index is -0.490. The van der Waals surface area contributed by atoms with Gasteiger partial charge in [-0.1, -0.05) is 0 Å². The molecule has 1 heterocycles. The number of rotatable bonds is 3. The average Bonchev–Trinajstić information content (AvgIpc) is 2.42. The van der Waals surface area contributed by atoms with Crippen molar-refractivity contribution < 1.29 is 9.18 Å². The molecule has 19 heavy (non-hydrogen) atoms. The second-order valence-electron chi connectivity index (χ2n) is 4.21. The number of nitrogens with zero attached hydrogens (tertiary/aromatic N) is 1. The zero-order valence-corrected chi connectivity index (χ0v) is 10.4. The van der Waals surface area contributed by atoms with E-state index >= 15 is 0 Å². The molecule has 2 rings (SSSR count). The van der Waals surface area contributed by atoms with Gasteiger partial charge in [0.25, 0.3) is 5.91 Å². The smallest absolute Gasteiger partial charge is 0.253 e. The number of nitrogens with one attached hydrogen (secondary N) is 1. The van der Waals surface area contributed by atoms with Gasteiger partial charge in [0.15, 0.2) is 0 Å². The Morgan fingerprint density at radius 1 is 1.32 bits per heavy atom. The molecule has 0 aliphatic rings. The van der Waals surface area contributed by atoms with Crippen LogP contribution < -0.4 is 11.1 Å². The van der Waals surface area contributed by atoms with Crippen molar-refractivity contribution in [3.05, 3.63) is 59.7 Å². The van der Waals surface area contributed by atoms with Gasteiger partial charge in [-0.25, -0.2) is 4.39 Å². The lowest BCUT2D eigenvalue weighted by Gasteiger charge is -2.15. The number of carbonyl (C=O) groups is 1. The van der Waals surface area contributed by atoms with Crippen molar-refractivity contribution in [2.45, 2.75) is 13.0 Å². The number of pyridine rings is 1. The molecule has 1 atom stereocenters. The maximum Gasteiger partial charge on any atom is 0.253 e. The summed E-state index contributed by atoms with van der Waals surface area (Å²) in [7, 11) is 0. The molecule has 0 fully saturated rings. The molecule has 1 amide bonds. The number of hydrogen-bond acceptors (Lipinski definition) is 3. The monoisotopic (exact) mass is 259 g/mol. The summed E-state index contributed by atoms with van der Waals surface area (Å²) in [5.41, 5.74) is 6.97. The van der Waals surface area contributed by atoms with E-state index in [0.717, 1.165) is 11.6 Å². The van der Waals surface area contributed by atoms with E-state index in [2.05, 4.69) is 10.3 Å². The van der Waals surface area contributed by atoms with Crippen LogP contribution in [0, 0.1) is 5.82 Å². The highest BCUT2D eigenvalue weighted by Gasteiger charge is 2.14. The Kier molecular flexibility index (Phi) is 3.75. The summed E-state index contributed by atoms with van der Waals surface area (Å²) in [5, 5.41) is 2.77. The lowest BCUT2D eigenvalue weighted by atomic mass is 10.1. The number of carbonyl (C=O) groups excluding carboxylic acids is 1. The van der Waals surface area contributed by atoms with Crippen LogP contribution in [0.5, 0.6) is 0 Å². The van der Waals surface area contributed by atoms with Gasteiger partial charge in [-0.3, -0.25) is 9.78 Å². The number of halogens is 1. The molecule has 0 unspecified atom stereocenters. The van der Waals surface area contributed by atoms with Crippen LogP contribution in [0.25, 0.3) is 0 Å². The Labute approximate surface area is 110 Å². The molecule has 0 aliphatic heterocycles. The number of nitrogens with two attached hydrogens (primary N) is 1. The topological polar surface area (TPSA) is 68.0 Å². The van der Waals surface area contributed by atoms with Crippen LogP contribution in [0.15, 0.2) is 42.7 Å². The highest BCUT2D eigenvalue weighted by molar-refractivity contribution is 5.99. The Bertz CT molecular complexity index is 586. The third kappa shape index (κ3) is 3.07. The number of amides is 1. The van der Waals surface area contributed by atoms with Gasteiger partial charge in [-0.2, -0.15) is 0 Å². The summed E-state index contributed by atoms with van der Waals surface area (Å²) in [4.78, 5) is 15.9. The molecular formula is C14H14FN3O. The third-order valence-electron chi connectivity index (χ3n) is 2.81. The number of benzene rings is 1. The van der Waals surface area contributed by atoms with Crippen molar-refractivity contribution in [1.82, 2.24) is 10.3 Å². The summed E-state index contributed by atoms with van der Waals surface area (Å²) in [6, 6.07) is 7.13. The number of hydrogen-bond donors (Lipinski definition) is 2. The first-order chi connectivity index (χ1) is 9.08. The average molecular weight is 259 g/mol. The Hall–Kier alpha value is -2.43. The van der Waals surface area contributed by atoms with Crippen molar-refractivity contribution in [2.24, 2.45) is 0 Å². The van der Waals surface area contributed by atoms with E-state index in [0.29, 0.717) is 0 Å². The van der Waals surface area contributed by atoms with E-state index < -0.39 is 11.7 Å². The number of aromatic nitrogens is 1. The van der Waals surface area contributed by atoms with Gasteiger partial charge < -0.3 is 11.1 Å². The second kappa shape index (κ2) is 5.48. The maximum absolute atomic E-state index is 13.1. The molecule has 0 saturated heterocycles. The first-order valence-corrected chi connectivity index (χ1v) is 5.83. The van der Waals surface area contributed by atoms with Crippen LogP contribution in [-0.4, -0.2) is 10.9 Å². The van der Waals surface area contributed by atoms with Crippen molar-refractivity contribution in [3.63, 3.8) is 0 Å². The highest BCUT2D eigenvalue weighted by atomic mass is 19.1. The van der Waals surface area contributed by atoms with Crippen LogP contribution in [0.2, 0.25) is 0 Å². The molecule has 0 bridgehead atoms. The van der Waals surface area contributed by atoms with E-state index in [1.807, 2.05) is 6.92 Å². The third-order valence-corrected chi connectivity index (χ3v) is 2.81. The standard InChI is InChI=1S/C14H14FN3O/c1-9(10-4-6-17-7-5-10)18-14(19)12-8-11(15)2-3-13(12)16/h2-9H,16H2,1H3,(H,18,19)/t9-/m1/s1. The van der Waals surface area contributed by atoms with E-state index in [-0.39, 0.29) is 17.3 Å². The lowest BCUT2D eigenvalue weighted by Crippen LogP contribution is -2.27. The Morgan fingerprint density at radius 3 is 2.68 bits per heavy atom. The van der Waals surface area contributed by atoms with Gasteiger partial charge in [0.2, 0.25) is 0 Å². The summed E-state index contributed by atoms with van der Waals surface area (Å²) in [6.07, 6.45) is 3.29. The van der Waals surface area contributed by atoms with Gasteiger partial charge in [-0.15, -0.1) is 0 Å². The molecular weight excluding hydrogens is 245 g/mol. The normalized spacial score (nSPS) is 11.9. The highest BCUT2D eigenvalue weighted by Crippen LogP contribution is 2.16. The fourth-order valence-corrected chi connectivity index (χ4v) is 1.73. The van der Waals surface area contributed by atoms with E-state index in [1.165, 1.54) is 12.1 Å². The molecule has 1 aromatic carbocycles. The minimum Gasteiger partial charge on any atom is -0.398 e. The zero-order chi connectivity index (χ0) is 13.8. The van der Waals surface area contributed by atoms with E-state index in [1.54, 1.807) is 24.5 Å². The van der Waals surface area contributed by atoms with E-state index in [9.17, 15) is 9.18 Å². The Balaban J connectivity index is 2.15. The van der Waals surface area contributed by atoms with Crippen LogP contribution in [-0.2, 0) is 0 Å². The van der Waals surface area contributed by atoms with Crippen LogP contribution in [0.4, 0.5) is 10.1 Å². The summed E-state index contributed by atoms with van der Waals surface area (Å²) in [5.74, 6) is -0.891. The van der Waals surface area contributed by atoms with Gasteiger partial charge in [0.1, 0.15) is 5.82 Å². The fourth-order valence-electron chi connectivity index (χ4n) is 1.73. The molecule has 4 nitrogen and oxygen atoms in total. The maximum atomic E-state index is 13.1. The van der Waals surface area contributed by atoms with Crippen LogP contribution in [0.3, 0.4) is 0 Å². The first-order valence-electron chi connectivity index (χ1n) is 5.83. The lowest BCUT2D eigenvalue weighted by molar-refractivity contribution is 0.0940. The first kappa shape index (κ1) is 13.0. The fraction of sp³-hybridized carbons (Fsp3) is 0.143. The van der Waals surface area contributed by atoms with Gasteiger partial charge >= 0.3 is 0 Å². The van der Waals surface area contributed by atoms with E-state index in [4.69, 9.17) is 5.73 Å². The summed E-state index contributed by atoms with van der Waals surface area (Å²) >= 11 is 0. The van der Waals surface area contributed by atoms with Crippen molar-refractivity contribution in [2.75, 3.05) is 5.73 Å². The molecule has 98 valence electrons. The van der Waals surface area contributed by atoms with Crippen LogP contribution >= 0.6 is 0 Å². The summed E-state index contributed by atoms with van der Waals surface area (Å²) in [6.45, 7) is 1.84. The predicted octanol–water partition coefficient (Wildman–Crippen LogP) is 2.29. The second-order valence-corrected chi connectivity index (χ2v) is 4.21. The molecule has 5 heteroatoms. The molecule has 1 aromatic heterocycles. The molecule has 0 saturated carbocycles. The van der Waals surface area contributed by atoms with Crippen molar-refractivity contribution in [1.29, 1.82) is 0 Å². The predicted molar refractivity (Wildman–Crippen MR) is 70.9 cm³/mol.